The maximum Gasteiger partial charge on any atom is 0.256 e. The third-order valence-corrected chi connectivity index (χ3v) is 5.86. The van der Waals surface area contributed by atoms with E-state index in [1.807, 2.05) is 49.4 Å². The van der Waals surface area contributed by atoms with Crippen molar-refractivity contribution in [1.29, 1.82) is 0 Å². The largest absolute Gasteiger partial charge is 0.497 e. The van der Waals surface area contributed by atoms with Crippen molar-refractivity contribution in [2.45, 2.75) is 13.3 Å². The second-order valence-electron chi connectivity index (χ2n) is 8.22. The lowest BCUT2D eigenvalue weighted by Crippen LogP contribution is -2.26. The maximum absolute atomic E-state index is 13.0. The predicted octanol–water partition coefficient (Wildman–Crippen LogP) is 3.58. The van der Waals surface area contributed by atoms with E-state index in [-0.39, 0.29) is 11.8 Å². The van der Waals surface area contributed by atoms with Gasteiger partial charge >= 0.3 is 0 Å². The summed E-state index contributed by atoms with van der Waals surface area (Å²) in [6.45, 7) is 2.29. The smallest absolute Gasteiger partial charge is 0.256 e. The number of H-pyrrole nitrogens is 2. The molecule has 176 valence electrons. The number of aryl methyl sites for hydroxylation is 1. The number of benzene rings is 2. The SMILES string of the molecule is COc1cccc(-c2cccc3c2C(=Cc2[nH]c(C)cc2C(=O)NCCc2cn[nH]n2)C(=O)N3)c1. The summed E-state index contributed by atoms with van der Waals surface area (Å²) in [7, 11) is 1.62. The lowest BCUT2D eigenvalue weighted by molar-refractivity contribution is -0.110. The highest BCUT2D eigenvalue weighted by atomic mass is 16.5. The van der Waals surface area contributed by atoms with Crippen LogP contribution in [0.15, 0.2) is 54.7 Å². The van der Waals surface area contributed by atoms with Crippen LogP contribution < -0.4 is 15.4 Å². The number of methoxy groups -OCH3 is 1. The molecule has 0 radical (unpaired) electrons. The number of amides is 2. The van der Waals surface area contributed by atoms with Crippen molar-refractivity contribution >= 4 is 29.2 Å². The summed E-state index contributed by atoms with van der Waals surface area (Å²) in [6.07, 6.45) is 3.92. The molecule has 0 saturated carbocycles. The van der Waals surface area contributed by atoms with E-state index in [0.717, 1.165) is 39.5 Å². The van der Waals surface area contributed by atoms with Crippen molar-refractivity contribution in [2.75, 3.05) is 19.0 Å². The third kappa shape index (κ3) is 4.43. The first kappa shape index (κ1) is 22.1. The van der Waals surface area contributed by atoms with Crippen LogP contribution in [0.3, 0.4) is 0 Å². The molecule has 4 aromatic rings. The van der Waals surface area contributed by atoms with E-state index in [1.54, 1.807) is 25.4 Å². The van der Waals surface area contributed by atoms with Gasteiger partial charge in [-0.1, -0.05) is 24.3 Å². The Kier molecular flexibility index (Phi) is 5.88. The summed E-state index contributed by atoms with van der Waals surface area (Å²) in [5, 5.41) is 16.2. The zero-order valence-corrected chi connectivity index (χ0v) is 19.3. The van der Waals surface area contributed by atoms with Gasteiger partial charge in [-0.3, -0.25) is 9.59 Å². The number of fused-ring (bicyclic) bond motifs is 1. The zero-order valence-electron chi connectivity index (χ0n) is 19.3. The molecule has 0 fully saturated rings. The van der Waals surface area contributed by atoms with E-state index in [2.05, 4.69) is 31.0 Å². The normalized spacial score (nSPS) is 13.5. The van der Waals surface area contributed by atoms with Gasteiger partial charge in [-0.15, -0.1) is 0 Å². The highest BCUT2D eigenvalue weighted by Crippen LogP contribution is 2.41. The molecule has 9 heteroatoms. The van der Waals surface area contributed by atoms with E-state index < -0.39 is 0 Å². The average molecular weight is 469 g/mol. The summed E-state index contributed by atoms with van der Waals surface area (Å²) in [5.74, 6) is 0.275. The number of nitrogens with zero attached hydrogens (tertiary/aromatic N) is 2. The fraction of sp³-hybridized carbons (Fsp3) is 0.154. The third-order valence-electron chi connectivity index (χ3n) is 5.86. The molecule has 4 N–H and O–H groups in total. The number of aromatic amines is 2. The lowest BCUT2D eigenvalue weighted by atomic mass is 9.94. The van der Waals surface area contributed by atoms with Crippen LogP contribution >= 0.6 is 0 Å². The Hall–Kier alpha value is -4.66. The number of ether oxygens (including phenoxy) is 1. The molecule has 2 aromatic carbocycles. The van der Waals surface area contributed by atoms with Crippen LogP contribution in [-0.4, -0.2) is 45.9 Å². The molecule has 0 atom stereocenters. The minimum absolute atomic E-state index is 0.222. The minimum Gasteiger partial charge on any atom is -0.497 e. The van der Waals surface area contributed by atoms with Gasteiger partial charge in [0.25, 0.3) is 11.8 Å². The number of anilines is 1. The fourth-order valence-corrected chi connectivity index (χ4v) is 4.22. The van der Waals surface area contributed by atoms with Crippen molar-refractivity contribution in [3.63, 3.8) is 0 Å². The number of carbonyl (C=O) groups is 2. The Labute approximate surface area is 201 Å². The van der Waals surface area contributed by atoms with Crippen molar-refractivity contribution in [1.82, 2.24) is 25.7 Å². The number of rotatable bonds is 7. The molecule has 0 bridgehead atoms. The van der Waals surface area contributed by atoms with Crippen LogP contribution in [0, 0.1) is 6.92 Å². The first-order valence-electron chi connectivity index (χ1n) is 11.2. The van der Waals surface area contributed by atoms with Crippen LogP contribution in [0.4, 0.5) is 5.69 Å². The van der Waals surface area contributed by atoms with Crippen molar-refractivity contribution in [2.24, 2.45) is 0 Å². The van der Waals surface area contributed by atoms with Gasteiger partial charge in [0.15, 0.2) is 0 Å². The van der Waals surface area contributed by atoms with E-state index in [4.69, 9.17) is 4.74 Å². The van der Waals surface area contributed by atoms with E-state index in [0.29, 0.717) is 29.8 Å². The van der Waals surface area contributed by atoms with Gasteiger partial charge in [-0.25, -0.2) is 0 Å². The Balaban J connectivity index is 1.49. The number of carbonyl (C=O) groups excluding carboxylic acids is 2. The second-order valence-corrected chi connectivity index (χ2v) is 8.22. The Morgan fingerprint density at radius 1 is 1.17 bits per heavy atom. The molecule has 0 unspecified atom stereocenters. The van der Waals surface area contributed by atoms with E-state index >= 15 is 0 Å². The van der Waals surface area contributed by atoms with Crippen molar-refractivity contribution in [3.05, 3.63) is 82.9 Å². The van der Waals surface area contributed by atoms with Gasteiger partial charge in [0, 0.05) is 29.9 Å². The van der Waals surface area contributed by atoms with Crippen LogP contribution in [0.1, 0.15) is 33.0 Å². The van der Waals surface area contributed by atoms with Gasteiger partial charge in [-0.2, -0.15) is 15.4 Å². The summed E-state index contributed by atoms with van der Waals surface area (Å²) < 4.78 is 5.38. The fourth-order valence-electron chi connectivity index (χ4n) is 4.22. The van der Waals surface area contributed by atoms with Crippen molar-refractivity contribution < 1.29 is 14.3 Å². The second kappa shape index (κ2) is 9.30. The topological polar surface area (TPSA) is 125 Å². The van der Waals surface area contributed by atoms with Gasteiger partial charge in [0.05, 0.1) is 35.8 Å². The summed E-state index contributed by atoms with van der Waals surface area (Å²) >= 11 is 0. The highest BCUT2D eigenvalue weighted by Gasteiger charge is 2.28. The molecule has 1 aliphatic rings. The molecule has 0 aliphatic carbocycles. The zero-order chi connectivity index (χ0) is 24.4. The molecule has 35 heavy (non-hydrogen) atoms. The molecule has 3 heterocycles. The molecule has 2 aromatic heterocycles. The van der Waals surface area contributed by atoms with Gasteiger partial charge in [0.1, 0.15) is 5.75 Å². The van der Waals surface area contributed by atoms with Crippen LogP contribution in [0.5, 0.6) is 5.75 Å². The number of nitrogens with one attached hydrogen (secondary N) is 4. The van der Waals surface area contributed by atoms with Gasteiger partial charge < -0.3 is 20.4 Å². The minimum atomic E-state index is -0.232. The Bertz CT molecular complexity index is 1440. The highest BCUT2D eigenvalue weighted by molar-refractivity contribution is 6.36. The summed E-state index contributed by atoms with van der Waals surface area (Å²) in [5.41, 5.74) is 6.44. The van der Waals surface area contributed by atoms with Gasteiger partial charge in [0.2, 0.25) is 0 Å². The Morgan fingerprint density at radius 3 is 2.83 bits per heavy atom. The summed E-state index contributed by atoms with van der Waals surface area (Å²) in [6, 6.07) is 15.2. The molecule has 1 aliphatic heterocycles. The molecular formula is C26H24N6O3. The average Bonchev–Trinajstić information content (AvgIpc) is 3.59. The molecule has 9 nitrogen and oxygen atoms in total. The van der Waals surface area contributed by atoms with E-state index in [1.165, 1.54) is 0 Å². The monoisotopic (exact) mass is 468 g/mol. The first-order chi connectivity index (χ1) is 17.0. The molecule has 0 saturated heterocycles. The molecule has 2 amide bonds. The first-order valence-corrected chi connectivity index (χ1v) is 11.2. The maximum atomic E-state index is 13.0. The van der Waals surface area contributed by atoms with Crippen LogP contribution in [0.25, 0.3) is 22.8 Å². The molecule has 5 rings (SSSR count). The Morgan fingerprint density at radius 2 is 2.03 bits per heavy atom. The predicted molar refractivity (Wildman–Crippen MR) is 133 cm³/mol. The summed E-state index contributed by atoms with van der Waals surface area (Å²) in [4.78, 5) is 29.2. The van der Waals surface area contributed by atoms with E-state index in [9.17, 15) is 9.59 Å². The van der Waals surface area contributed by atoms with Crippen LogP contribution in [-0.2, 0) is 11.2 Å². The van der Waals surface area contributed by atoms with Crippen molar-refractivity contribution in [3.8, 4) is 16.9 Å². The quantitative estimate of drug-likeness (QED) is 0.309. The molecular weight excluding hydrogens is 444 g/mol. The standard InChI is InChI=1S/C26H24N6O3/c1-15-11-20(25(33)27-10-9-17-14-28-32-31-17)23(29-15)13-21-24-19(7-4-8-22(24)30-26(21)34)16-5-3-6-18(12-16)35-2/h3-8,11-14,29H,9-10H2,1-2H3,(H,27,33)(H,30,34)(H,28,31,32). The number of hydrogen-bond acceptors (Lipinski definition) is 5. The number of aromatic nitrogens is 4. The lowest BCUT2D eigenvalue weighted by Gasteiger charge is -2.10. The number of hydrogen-bond donors (Lipinski definition) is 4. The molecule has 0 spiro atoms. The van der Waals surface area contributed by atoms with Crippen LogP contribution in [0.2, 0.25) is 0 Å². The van der Waals surface area contributed by atoms with Gasteiger partial charge in [-0.05, 0) is 48.4 Å².